The van der Waals surface area contributed by atoms with E-state index in [4.69, 9.17) is 11.6 Å². The van der Waals surface area contributed by atoms with Gasteiger partial charge in [-0.2, -0.15) is 8.78 Å². The van der Waals surface area contributed by atoms with Gasteiger partial charge < -0.3 is 4.74 Å². The van der Waals surface area contributed by atoms with Crippen LogP contribution in [0, 0.1) is 3.57 Å². The quantitative estimate of drug-likeness (QED) is 0.615. The summed E-state index contributed by atoms with van der Waals surface area (Å²) in [5.74, 6) is -0.379. The molecule has 1 aromatic carbocycles. The highest BCUT2D eigenvalue weighted by atomic mass is 127. The van der Waals surface area contributed by atoms with Gasteiger partial charge in [0.1, 0.15) is 0 Å². The summed E-state index contributed by atoms with van der Waals surface area (Å²) >= 11 is 7.43. The highest BCUT2D eigenvalue weighted by Gasteiger charge is 2.17. The molecule has 0 fully saturated rings. The predicted molar refractivity (Wildman–Crippen MR) is 60.8 cm³/mol. The molecule has 15 heavy (non-hydrogen) atoms. The molecule has 0 atom stereocenters. The molecule has 0 bridgehead atoms. The van der Waals surface area contributed by atoms with Crippen LogP contribution in [0.1, 0.15) is 17.3 Å². The summed E-state index contributed by atoms with van der Waals surface area (Å²) in [7, 11) is 0. The molecule has 0 aliphatic heterocycles. The molecule has 6 heteroatoms. The Morgan fingerprint density at radius 2 is 2.13 bits per heavy atom. The van der Waals surface area contributed by atoms with Crippen LogP contribution in [0.15, 0.2) is 12.1 Å². The lowest BCUT2D eigenvalue weighted by Gasteiger charge is -2.10. The number of benzene rings is 1. The predicted octanol–water partition coefficient (Wildman–Crippen LogP) is 3.75. The van der Waals surface area contributed by atoms with Crippen LogP contribution in [0.4, 0.5) is 8.78 Å². The number of carbonyl (C=O) groups excluding carboxylic acids is 1. The molecule has 0 radical (unpaired) electrons. The number of rotatable bonds is 3. The van der Waals surface area contributed by atoms with Crippen LogP contribution >= 0.6 is 34.2 Å². The van der Waals surface area contributed by atoms with Gasteiger partial charge >= 0.3 is 6.61 Å². The molecule has 1 aromatic rings. The largest absolute Gasteiger partial charge is 0.432 e. The lowest BCUT2D eigenvalue weighted by Crippen LogP contribution is -2.06. The van der Waals surface area contributed by atoms with Crippen molar-refractivity contribution in [2.24, 2.45) is 0 Å². The summed E-state index contributed by atoms with van der Waals surface area (Å²) in [4.78, 5) is 11.1. The second kappa shape index (κ2) is 5.07. The average molecular weight is 346 g/mol. The first kappa shape index (κ1) is 12.6. The number of ether oxygens (including phenoxy) is 1. The smallest absolute Gasteiger partial charge is 0.387 e. The van der Waals surface area contributed by atoms with Crippen molar-refractivity contribution in [1.82, 2.24) is 0 Å². The van der Waals surface area contributed by atoms with Gasteiger partial charge in [-0.15, -0.1) is 0 Å². The Bertz CT molecular complexity index is 396. The van der Waals surface area contributed by atoms with E-state index in [9.17, 15) is 13.6 Å². The van der Waals surface area contributed by atoms with Crippen molar-refractivity contribution < 1.29 is 18.3 Å². The Hall–Kier alpha value is -0.430. The van der Waals surface area contributed by atoms with Crippen LogP contribution in [0.25, 0.3) is 0 Å². The molecule has 2 nitrogen and oxygen atoms in total. The molecule has 0 spiro atoms. The fourth-order valence-corrected chi connectivity index (χ4v) is 2.34. The minimum Gasteiger partial charge on any atom is -0.432 e. The molecular formula is C9H6ClF2IO2. The first-order valence-corrected chi connectivity index (χ1v) is 5.33. The minimum absolute atomic E-state index is 0.0599. The number of hydrogen-bond donors (Lipinski definition) is 0. The van der Waals surface area contributed by atoms with E-state index >= 15 is 0 Å². The zero-order valence-electron chi connectivity index (χ0n) is 7.56. The third-order valence-corrected chi connectivity index (χ3v) is 3.00. The van der Waals surface area contributed by atoms with Crippen molar-refractivity contribution in [3.8, 4) is 5.75 Å². The van der Waals surface area contributed by atoms with Crippen LogP contribution < -0.4 is 4.74 Å². The fraction of sp³-hybridized carbons (Fsp3) is 0.222. The molecule has 0 saturated carbocycles. The Labute approximate surface area is 104 Å². The summed E-state index contributed by atoms with van der Waals surface area (Å²) < 4.78 is 28.6. The number of Topliss-reactive ketones (excluding diaryl/α,β-unsaturated/α-hetero) is 1. The van der Waals surface area contributed by atoms with Crippen LogP contribution in [-0.4, -0.2) is 12.4 Å². The fourth-order valence-electron chi connectivity index (χ4n) is 1.00. The highest BCUT2D eigenvalue weighted by molar-refractivity contribution is 14.1. The van der Waals surface area contributed by atoms with Gasteiger partial charge in [-0.3, -0.25) is 4.79 Å². The second-order valence-corrected chi connectivity index (χ2v) is 4.16. The normalized spacial score (nSPS) is 10.5. The molecule has 0 saturated heterocycles. The maximum atomic E-state index is 12.0. The summed E-state index contributed by atoms with van der Waals surface area (Å²) in [5.41, 5.74) is 0.315. The topological polar surface area (TPSA) is 26.3 Å². The van der Waals surface area contributed by atoms with Gasteiger partial charge in [0.15, 0.2) is 11.5 Å². The van der Waals surface area contributed by atoms with Crippen LogP contribution in [0.2, 0.25) is 5.02 Å². The van der Waals surface area contributed by atoms with E-state index in [1.807, 2.05) is 0 Å². The first-order valence-electron chi connectivity index (χ1n) is 3.87. The molecule has 1 rings (SSSR count). The zero-order valence-corrected chi connectivity index (χ0v) is 10.5. The van der Waals surface area contributed by atoms with Crippen molar-refractivity contribution >= 4 is 40.0 Å². The molecular weight excluding hydrogens is 340 g/mol. The summed E-state index contributed by atoms with van der Waals surface area (Å²) in [6.45, 7) is -1.62. The third-order valence-electron chi connectivity index (χ3n) is 1.64. The second-order valence-electron chi connectivity index (χ2n) is 2.67. The van der Waals surface area contributed by atoms with E-state index in [2.05, 4.69) is 4.74 Å². The highest BCUT2D eigenvalue weighted by Crippen LogP contribution is 2.33. The molecule has 0 aliphatic carbocycles. The Morgan fingerprint density at radius 1 is 1.53 bits per heavy atom. The summed E-state index contributed by atoms with van der Waals surface area (Å²) in [6.07, 6.45) is 0. The van der Waals surface area contributed by atoms with E-state index < -0.39 is 6.61 Å². The van der Waals surface area contributed by atoms with E-state index in [-0.39, 0.29) is 16.6 Å². The molecule has 0 heterocycles. The van der Waals surface area contributed by atoms with Gasteiger partial charge in [0.05, 0.1) is 8.59 Å². The number of ketones is 1. The lowest BCUT2D eigenvalue weighted by atomic mass is 10.1. The van der Waals surface area contributed by atoms with Gasteiger partial charge in [0.25, 0.3) is 0 Å². The Kier molecular flexibility index (Phi) is 4.27. The van der Waals surface area contributed by atoms with Gasteiger partial charge in [-0.25, -0.2) is 0 Å². The van der Waals surface area contributed by atoms with Gasteiger partial charge in [0.2, 0.25) is 0 Å². The molecule has 82 valence electrons. The number of halogens is 4. The van der Waals surface area contributed by atoms with Gasteiger partial charge in [-0.05, 0) is 41.6 Å². The third kappa shape index (κ3) is 3.01. The summed E-state index contributed by atoms with van der Waals surface area (Å²) in [6, 6.07) is 2.84. The van der Waals surface area contributed by atoms with Crippen LogP contribution in [0.5, 0.6) is 5.75 Å². The standard InChI is InChI=1S/C9H6ClF2IO2/c1-4(14)5-2-3-6(10)8(7(5)13)15-9(11)12/h2-3,9H,1H3. The van der Waals surface area contributed by atoms with Crippen molar-refractivity contribution in [2.75, 3.05) is 0 Å². The Morgan fingerprint density at radius 3 is 2.60 bits per heavy atom. The van der Waals surface area contributed by atoms with Crippen molar-refractivity contribution in [1.29, 1.82) is 0 Å². The van der Waals surface area contributed by atoms with Crippen LogP contribution in [-0.2, 0) is 0 Å². The molecule has 0 N–H and O–H groups in total. The number of carbonyl (C=O) groups is 1. The monoisotopic (exact) mass is 346 g/mol. The minimum atomic E-state index is -2.96. The zero-order chi connectivity index (χ0) is 11.6. The molecule has 0 amide bonds. The van der Waals surface area contributed by atoms with E-state index in [1.165, 1.54) is 19.1 Å². The van der Waals surface area contributed by atoms with Crippen LogP contribution in [0.3, 0.4) is 0 Å². The molecule has 0 unspecified atom stereocenters. The van der Waals surface area contributed by atoms with E-state index in [1.54, 1.807) is 22.6 Å². The summed E-state index contributed by atoms with van der Waals surface area (Å²) in [5, 5.41) is 0.0599. The Balaban J connectivity index is 3.24. The maximum absolute atomic E-state index is 12.0. The lowest BCUT2D eigenvalue weighted by molar-refractivity contribution is -0.0504. The number of alkyl halides is 2. The van der Waals surface area contributed by atoms with E-state index in [0.29, 0.717) is 9.13 Å². The van der Waals surface area contributed by atoms with Crippen molar-refractivity contribution in [2.45, 2.75) is 13.5 Å². The molecule has 0 aliphatic rings. The molecule has 0 aromatic heterocycles. The first-order chi connectivity index (χ1) is 6.93. The average Bonchev–Trinajstić information content (AvgIpc) is 2.11. The van der Waals surface area contributed by atoms with Crippen molar-refractivity contribution in [3.05, 3.63) is 26.3 Å². The number of hydrogen-bond acceptors (Lipinski definition) is 2. The maximum Gasteiger partial charge on any atom is 0.387 e. The van der Waals surface area contributed by atoms with Gasteiger partial charge in [0, 0.05) is 5.56 Å². The van der Waals surface area contributed by atoms with Gasteiger partial charge in [-0.1, -0.05) is 11.6 Å². The SMILES string of the molecule is CC(=O)c1ccc(Cl)c(OC(F)F)c1I. The van der Waals surface area contributed by atoms with Crippen molar-refractivity contribution in [3.63, 3.8) is 0 Å². The van der Waals surface area contributed by atoms with E-state index in [0.717, 1.165) is 0 Å².